The third-order valence-electron chi connectivity index (χ3n) is 8.53. The van der Waals surface area contributed by atoms with Crippen LogP contribution in [-0.4, -0.2) is 80.1 Å². The first-order valence-electron chi connectivity index (χ1n) is 12.1. The zero-order valence-electron chi connectivity index (χ0n) is 22.7. The standard InChI is InChI=1S/C25H47N7/c1-17-26-20(28-18-13-22(2,3)31(11)23(4,5)14-18)29-21(27-17)30(10)19-15-24(6,7)32(12)25(8,9)16-19/h18-19H,13-16H2,1-12H3,(H,26,27,28,29). The van der Waals surface area contributed by atoms with E-state index in [1.807, 2.05) is 6.92 Å². The van der Waals surface area contributed by atoms with Gasteiger partial charge in [0.15, 0.2) is 0 Å². The molecule has 7 nitrogen and oxygen atoms in total. The Morgan fingerprint density at radius 1 is 0.750 bits per heavy atom. The number of nitrogens with zero attached hydrogens (tertiary/aromatic N) is 6. The summed E-state index contributed by atoms with van der Waals surface area (Å²) in [5, 5.41) is 3.67. The number of aromatic nitrogens is 3. The second-order valence-electron chi connectivity index (χ2n) is 12.8. The van der Waals surface area contributed by atoms with Crippen molar-refractivity contribution < 1.29 is 0 Å². The Bertz CT molecular complexity index is 794. The smallest absolute Gasteiger partial charge is 0.230 e. The van der Waals surface area contributed by atoms with Crippen LogP contribution in [0.1, 0.15) is 86.9 Å². The number of likely N-dealkylation sites (tertiary alicyclic amines) is 2. The van der Waals surface area contributed by atoms with Crippen molar-refractivity contribution in [3.63, 3.8) is 0 Å². The topological polar surface area (TPSA) is 60.4 Å². The van der Waals surface area contributed by atoms with Crippen LogP contribution in [0.5, 0.6) is 0 Å². The lowest BCUT2D eigenvalue weighted by Crippen LogP contribution is -2.62. The van der Waals surface area contributed by atoms with Crippen LogP contribution in [0, 0.1) is 6.92 Å². The van der Waals surface area contributed by atoms with E-state index in [0.29, 0.717) is 18.0 Å². The molecule has 1 aromatic heterocycles. The first-order valence-corrected chi connectivity index (χ1v) is 12.1. The van der Waals surface area contributed by atoms with Crippen molar-refractivity contribution in [1.29, 1.82) is 0 Å². The Hall–Kier alpha value is -1.47. The van der Waals surface area contributed by atoms with E-state index in [1.54, 1.807) is 0 Å². The third kappa shape index (κ3) is 4.89. The average Bonchev–Trinajstić information content (AvgIpc) is 2.62. The molecule has 2 aliphatic heterocycles. The fourth-order valence-electron chi connectivity index (χ4n) is 6.10. The number of piperidine rings is 2. The highest BCUT2D eigenvalue weighted by atomic mass is 15.3. The lowest BCUT2D eigenvalue weighted by Gasteiger charge is -2.55. The van der Waals surface area contributed by atoms with Gasteiger partial charge in [-0.25, -0.2) is 0 Å². The first-order chi connectivity index (χ1) is 14.4. The second kappa shape index (κ2) is 8.08. The Balaban J connectivity index is 1.82. The molecular formula is C25H47N7. The first kappa shape index (κ1) is 25.2. The zero-order chi connectivity index (χ0) is 24.3. The molecule has 0 radical (unpaired) electrons. The molecule has 2 saturated heterocycles. The molecule has 0 atom stereocenters. The summed E-state index contributed by atoms with van der Waals surface area (Å²) in [6, 6.07) is 0.712. The molecule has 3 heterocycles. The number of nitrogens with one attached hydrogen (secondary N) is 1. The van der Waals surface area contributed by atoms with Gasteiger partial charge in [-0.1, -0.05) is 0 Å². The quantitative estimate of drug-likeness (QED) is 0.740. The van der Waals surface area contributed by atoms with Crippen LogP contribution < -0.4 is 10.2 Å². The number of hydrogen-bond acceptors (Lipinski definition) is 7. The molecule has 0 bridgehead atoms. The summed E-state index contributed by atoms with van der Waals surface area (Å²) in [5.41, 5.74) is 0.475. The van der Waals surface area contributed by atoms with E-state index in [2.05, 4.69) is 102 Å². The summed E-state index contributed by atoms with van der Waals surface area (Å²) in [5.74, 6) is 2.24. The predicted molar refractivity (Wildman–Crippen MR) is 134 cm³/mol. The third-order valence-corrected chi connectivity index (χ3v) is 8.53. The number of rotatable bonds is 4. The molecule has 182 valence electrons. The fourth-order valence-corrected chi connectivity index (χ4v) is 6.10. The summed E-state index contributed by atoms with van der Waals surface area (Å²) in [6.07, 6.45) is 4.27. The van der Waals surface area contributed by atoms with Crippen molar-refractivity contribution in [2.45, 2.75) is 122 Å². The molecule has 7 heteroatoms. The van der Waals surface area contributed by atoms with Gasteiger partial charge in [-0.15, -0.1) is 0 Å². The molecule has 1 N–H and O–H groups in total. The minimum Gasteiger partial charge on any atom is -0.351 e. The van der Waals surface area contributed by atoms with Gasteiger partial charge in [0.25, 0.3) is 0 Å². The van der Waals surface area contributed by atoms with Crippen molar-refractivity contribution in [2.24, 2.45) is 0 Å². The summed E-state index contributed by atoms with van der Waals surface area (Å²) < 4.78 is 0. The van der Waals surface area contributed by atoms with Crippen LogP contribution in [0.3, 0.4) is 0 Å². The largest absolute Gasteiger partial charge is 0.351 e. The van der Waals surface area contributed by atoms with Crippen LogP contribution in [0.15, 0.2) is 0 Å². The maximum atomic E-state index is 4.90. The van der Waals surface area contributed by atoms with Crippen molar-refractivity contribution >= 4 is 11.9 Å². The van der Waals surface area contributed by atoms with Crippen molar-refractivity contribution in [3.05, 3.63) is 5.82 Å². The van der Waals surface area contributed by atoms with E-state index >= 15 is 0 Å². The number of anilines is 2. The van der Waals surface area contributed by atoms with Gasteiger partial charge in [-0.2, -0.15) is 15.0 Å². The lowest BCUT2D eigenvalue weighted by molar-refractivity contribution is -0.0121. The summed E-state index contributed by atoms with van der Waals surface area (Å²) in [6.45, 7) is 20.6. The summed E-state index contributed by atoms with van der Waals surface area (Å²) >= 11 is 0. The molecule has 3 rings (SSSR count). The van der Waals surface area contributed by atoms with Gasteiger partial charge in [0, 0.05) is 41.3 Å². The van der Waals surface area contributed by atoms with E-state index in [1.165, 1.54) is 0 Å². The Morgan fingerprint density at radius 2 is 1.19 bits per heavy atom. The van der Waals surface area contributed by atoms with Gasteiger partial charge < -0.3 is 10.2 Å². The summed E-state index contributed by atoms with van der Waals surface area (Å²) in [7, 11) is 6.62. The molecule has 0 unspecified atom stereocenters. The number of hydrogen-bond donors (Lipinski definition) is 1. The maximum Gasteiger partial charge on any atom is 0.230 e. The van der Waals surface area contributed by atoms with Gasteiger partial charge in [0.2, 0.25) is 11.9 Å². The molecule has 0 spiro atoms. The van der Waals surface area contributed by atoms with Gasteiger partial charge in [0.05, 0.1) is 0 Å². The highest BCUT2D eigenvalue weighted by Crippen LogP contribution is 2.40. The molecule has 1 aromatic rings. The van der Waals surface area contributed by atoms with Gasteiger partial charge >= 0.3 is 0 Å². The van der Waals surface area contributed by atoms with Crippen molar-refractivity contribution in [2.75, 3.05) is 31.4 Å². The lowest BCUT2D eigenvalue weighted by atomic mass is 9.77. The van der Waals surface area contributed by atoms with Crippen molar-refractivity contribution in [3.8, 4) is 0 Å². The van der Waals surface area contributed by atoms with E-state index < -0.39 is 0 Å². The van der Waals surface area contributed by atoms with Gasteiger partial charge in [0.1, 0.15) is 5.82 Å². The van der Waals surface area contributed by atoms with Crippen LogP contribution in [0.2, 0.25) is 0 Å². The Morgan fingerprint density at radius 3 is 1.66 bits per heavy atom. The molecule has 32 heavy (non-hydrogen) atoms. The predicted octanol–water partition coefficient (Wildman–Crippen LogP) is 4.33. The summed E-state index contributed by atoms with van der Waals surface area (Å²) in [4.78, 5) is 21.6. The van der Waals surface area contributed by atoms with Gasteiger partial charge in [-0.05, 0) is 102 Å². The van der Waals surface area contributed by atoms with Crippen molar-refractivity contribution in [1.82, 2.24) is 24.8 Å². The minimum atomic E-state index is 0.117. The number of aryl methyl sites for hydroxylation is 1. The molecule has 0 saturated carbocycles. The fraction of sp³-hybridized carbons (Fsp3) is 0.880. The minimum absolute atomic E-state index is 0.117. The zero-order valence-corrected chi connectivity index (χ0v) is 22.7. The van der Waals surface area contributed by atoms with E-state index in [4.69, 9.17) is 9.97 Å². The van der Waals surface area contributed by atoms with Crippen LogP contribution in [-0.2, 0) is 0 Å². The van der Waals surface area contributed by atoms with E-state index in [-0.39, 0.29) is 22.2 Å². The highest BCUT2D eigenvalue weighted by Gasteiger charge is 2.45. The van der Waals surface area contributed by atoms with E-state index in [0.717, 1.165) is 37.5 Å². The van der Waals surface area contributed by atoms with Crippen LogP contribution in [0.25, 0.3) is 0 Å². The second-order valence-corrected chi connectivity index (χ2v) is 12.8. The normalized spacial score (nSPS) is 26.1. The monoisotopic (exact) mass is 445 g/mol. The SMILES string of the molecule is Cc1nc(NC2CC(C)(C)N(C)C(C)(C)C2)nc(N(C)C2CC(C)(C)N(C)C(C)(C)C2)n1. The molecule has 2 aliphatic rings. The molecule has 0 aliphatic carbocycles. The average molecular weight is 446 g/mol. The molecule has 0 amide bonds. The van der Waals surface area contributed by atoms with Crippen LogP contribution >= 0.6 is 0 Å². The Labute approximate surface area is 196 Å². The van der Waals surface area contributed by atoms with E-state index in [9.17, 15) is 0 Å². The highest BCUT2D eigenvalue weighted by molar-refractivity contribution is 5.39. The van der Waals surface area contributed by atoms with Gasteiger partial charge in [-0.3, -0.25) is 9.80 Å². The molecular weight excluding hydrogens is 398 g/mol. The molecule has 2 fully saturated rings. The molecule has 0 aromatic carbocycles. The Kier molecular flexibility index (Phi) is 6.36. The van der Waals surface area contributed by atoms with Crippen LogP contribution in [0.4, 0.5) is 11.9 Å². The maximum absolute atomic E-state index is 4.90.